The molecule has 5 nitrogen and oxygen atoms in total. The molecule has 0 radical (unpaired) electrons. The van der Waals surface area contributed by atoms with Crippen LogP contribution in [0.15, 0.2) is 58.0 Å². The second kappa shape index (κ2) is 10.3. The molecule has 3 N–H and O–H groups in total. The summed E-state index contributed by atoms with van der Waals surface area (Å²) in [5, 5.41) is 11.9. The van der Waals surface area contributed by atoms with E-state index in [1.807, 2.05) is 24.3 Å². The highest BCUT2D eigenvalue weighted by Gasteiger charge is 2.47. The summed E-state index contributed by atoms with van der Waals surface area (Å²) in [5.74, 6) is 0.0177. The maximum Gasteiger partial charge on any atom is 0.349 e. The molecule has 5 rings (SSSR count). The largest absolute Gasteiger partial charge is 0.511 e. The predicted molar refractivity (Wildman–Crippen MR) is 153 cm³/mol. The van der Waals surface area contributed by atoms with Gasteiger partial charge in [-0.25, -0.2) is 9.78 Å². The lowest BCUT2D eigenvalue weighted by molar-refractivity contribution is -0.168. The first kappa shape index (κ1) is 26.1. The summed E-state index contributed by atoms with van der Waals surface area (Å²) in [6.07, 6.45) is 7.50. The number of hydrogen-bond donors (Lipinski definition) is 2. The van der Waals surface area contributed by atoms with E-state index in [-0.39, 0.29) is 17.1 Å². The van der Waals surface area contributed by atoms with Crippen molar-refractivity contribution >= 4 is 44.4 Å². The number of rotatable bonds is 6. The van der Waals surface area contributed by atoms with Crippen LogP contribution in [0.3, 0.4) is 0 Å². The van der Waals surface area contributed by atoms with Crippen LogP contribution in [0.25, 0.3) is 10.2 Å². The van der Waals surface area contributed by atoms with E-state index in [9.17, 15) is 9.90 Å². The second-order valence-corrected chi connectivity index (χ2v) is 13.6. The molecular weight excluding hydrogens is 500 g/mol. The SMILES string of the molecule is CC(C)(C)c1cc2nc(N)sc2cc1SC1=C(O)CC(CCc2ccccc2)(C2CCCCC2)OC1=O. The van der Waals surface area contributed by atoms with Gasteiger partial charge in [-0.1, -0.05) is 93.5 Å². The van der Waals surface area contributed by atoms with E-state index in [4.69, 9.17) is 10.5 Å². The monoisotopic (exact) mass is 536 g/mol. The number of nitrogens with zero attached hydrogens (tertiary/aromatic N) is 1. The number of nitrogen functional groups attached to an aromatic ring is 1. The van der Waals surface area contributed by atoms with Crippen molar-refractivity contribution in [1.29, 1.82) is 0 Å². The van der Waals surface area contributed by atoms with Crippen LogP contribution in [-0.4, -0.2) is 21.7 Å². The smallest absolute Gasteiger partial charge is 0.349 e. The summed E-state index contributed by atoms with van der Waals surface area (Å²) < 4.78 is 7.37. The Morgan fingerprint density at radius 1 is 1.16 bits per heavy atom. The first-order valence-corrected chi connectivity index (χ1v) is 14.9. The van der Waals surface area contributed by atoms with Crippen molar-refractivity contribution in [2.75, 3.05) is 5.73 Å². The van der Waals surface area contributed by atoms with Crippen molar-refractivity contribution in [2.24, 2.45) is 5.92 Å². The van der Waals surface area contributed by atoms with Crippen LogP contribution >= 0.6 is 23.1 Å². The standard InChI is InChI=1S/C30H36N2O3S2/c1-29(2,3)21-16-22-25(37-28(31)32-22)17-24(21)36-26-23(33)18-30(35-27(26)34,20-12-8-5-9-13-20)15-14-19-10-6-4-7-11-19/h4,6-7,10-11,16-17,20,33H,5,8-9,12-15,18H2,1-3H3,(H2,31,32). The fourth-order valence-electron chi connectivity index (χ4n) is 5.80. The highest BCUT2D eigenvalue weighted by atomic mass is 32.2. The summed E-state index contributed by atoms with van der Waals surface area (Å²) in [7, 11) is 0. The Kier molecular flexibility index (Phi) is 7.29. The molecule has 1 aliphatic carbocycles. The van der Waals surface area contributed by atoms with E-state index >= 15 is 0 Å². The number of thioether (sulfide) groups is 1. The molecule has 2 aliphatic rings. The minimum Gasteiger partial charge on any atom is -0.511 e. The minimum atomic E-state index is -0.662. The predicted octanol–water partition coefficient (Wildman–Crippen LogP) is 7.94. The van der Waals surface area contributed by atoms with Crippen molar-refractivity contribution in [3.05, 3.63) is 64.3 Å². The number of fused-ring (bicyclic) bond motifs is 1. The van der Waals surface area contributed by atoms with Crippen molar-refractivity contribution in [2.45, 2.75) is 88.0 Å². The Balaban J connectivity index is 1.48. The Morgan fingerprint density at radius 2 is 1.89 bits per heavy atom. The topological polar surface area (TPSA) is 85.4 Å². The zero-order chi connectivity index (χ0) is 26.2. The van der Waals surface area contributed by atoms with Crippen LogP contribution in [0.1, 0.15) is 76.8 Å². The zero-order valence-electron chi connectivity index (χ0n) is 21.9. The van der Waals surface area contributed by atoms with Gasteiger partial charge in [-0.15, -0.1) is 0 Å². The number of cyclic esters (lactones) is 1. The highest BCUT2D eigenvalue weighted by molar-refractivity contribution is 8.04. The van der Waals surface area contributed by atoms with E-state index in [0.29, 0.717) is 16.5 Å². The van der Waals surface area contributed by atoms with Crippen molar-refractivity contribution in [3.8, 4) is 0 Å². The molecule has 196 valence electrons. The normalized spacial score (nSPS) is 21.4. The Labute approximate surface area is 227 Å². The highest BCUT2D eigenvalue weighted by Crippen LogP contribution is 2.48. The molecule has 0 amide bonds. The molecular formula is C30H36N2O3S2. The number of carbonyl (C=O) groups excluding carboxylic acids is 1. The average Bonchev–Trinajstić information content (AvgIpc) is 3.24. The molecule has 37 heavy (non-hydrogen) atoms. The molecule has 1 aliphatic heterocycles. The lowest BCUT2D eigenvalue weighted by atomic mass is 9.71. The van der Waals surface area contributed by atoms with Crippen LogP contribution in [0.4, 0.5) is 5.13 Å². The number of thiazole rings is 1. The van der Waals surface area contributed by atoms with Gasteiger partial charge in [0.25, 0.3) is 0 Å². The third-order valence-electron chi connectivity index (χ3n) is 7.77. The van der Waals surface area contributed by atoms with Gasteiger partial charge < -0.3 is 15.6 Å². The van der Waals surface area contributed by atoms with Gasteiger partial charge in [-0.05, 0) is 60.3 Å². The summed E-state index contributed by atoms with van der Waals surface area (Å²) in [6.45, 7) is 6.41. The minimum absolute atomic E-state index is 0.156. The van der Waals surface area contributed by atoms with E-state index in [2.05, 4.69) is 44.0 Å². The number of aliphatic hydroxyl groups is 1. The molecule has 0 bridgehead atoms. The molecule has 1 saturated carbocycles. The maximum atomic E-state index is 13.6. The molecule has 1 aromatic heterocycles. The number of ether oxygens (including phenoxy) is 1. The Morgan fingerprint density at radius 3 is 2.57 bits per heavy atom. The number of esters is 1. The van der Waals surface area contributed by atoms with E-state index in [1.165, 1.54) is 35.1 Å². The van der Waals surface area contributed by atoms with Crippen LogP contribution in [-0.2, 0) is 21.4 Å². The van der Waals surface area contributed by atoms with Crippen molar-refractivity contribution in [3.63, 3.8) is 0 Å². The molecule has 2 aromatic carbocycles. The number of nitrogens with two attached hydrogens (primary N) is 1. The maximum absolute atomic E-state index is 13.6. The van der Waals surface area contributed by atoms with E-state index in [1.54, 1.807) is 0 Å². The first-order chi connectivity index (χ1) is 17.6. The van der Waals surface area contributed by atoms with Gasteiger partial charge >= 0.3 is 5.97 Å². The lowest BCUT2D eigenvalue weighted by Crippen LogP contribution is -2.47. The lowest BCUT2D eigenvalue weighted by Gasteiger charge is -2.44. The first-order valence-electron chi connectivity index (χ1n) is 13.2. The second-order valence-electron chi connectivity index (χ2n) is 11.4. The quantitative estimate of drug-likeness (QED) is 0.311. The molecule has 7 heteroatoms. The molecule has 2 heterocycles. The molecule has 1 atom stereocenters. The van der Waals surface area contributed by atoms with Crippen LogP contribution in [0, 0.1) is 5.92 Å². The number of aliphatic hydroxyl groups excluding tert-OH is 1. The van der Waals surface area contributed by atoms with Crippen LogP contribution < -0.4 is 5.73 Å². The van der Waals surface area contributed by atoms with Gasteiger partial charge in [0, 0.05) is 11.3 Å². The number of hydrogen-bond acceptors (Lipinski definition) is 7. The van der Waals surface area contributed by atoms with Crippen molar-refractivity contribution < 1.29 is 14.6 Å². The molecule has 1 fully saturated rings. The fraction of sp³-hybridized carbons (Fsp3) is 0.467. The average molecular weight is 537 g/mol. The number of carbonyl (C=O) groups is 1. The third kappa shape index (κ3) is 5.53. The van der Waals surface area contributed by atoms with Crippen molar-refractivity contribution in [1.82, 2.24) is 4.98 Å². The molecule has 3 aromatic rings. The molecule has 1 unspecified atom stereocenters. The zero-order valence-corrected chi connectivity index (χ0v) is 23.5. The van der Waals surface area contributed by atoms with Gasteiger partial charge in [-0.2, -0.15) is 0 Å². The molecule has 0 spiro atoms. The Bertz CT molecular complexity index is 1320. The fourth-order valence-corrected chi connectivity index (χ4v) is 7.82. The van der Waals surface area contributed by atoms with E-state index < -0.39 is 11.6 Å². The summed E-state index contributed by atoms with van der Waals surface area (Å²) in [6, 6.07) is 14.4. The number of anilines is 1. The van der Waals surface area contributed by atoms with Crippen LogP contribution in [0.2, 0.25) is 0 Å². The van der Waals surface area contributed by atoms with Gasteiger partial charge in [0.05, 0.1) is 10.2 Å². The Hall–Kier alpha value is -2.51. The number of aryl methyl sites for hydroxylation is 1. The third-order valence-corrected chi connectivity index (χ3v) is 9.78. The summed E-state index contributed by atoms with van der Waals surface area (Å²) >= 11 is 2.74. The number of benzene rings is 2. The van der Waals surface area contributed by atoms with Gasteiger partial charge in [0.15, 0.2) is 5.13 Å². The van der Waals surface area contributed by atoms with E-state index in [0.717, 1.165) is 59.2 Å². The number of aromatic nitrogens is 1. The summed E-state index contributed by atoms with van der Waals surface area (Å²) in [4.78, 5) is 19.3. The van der Waals surface area contributed by atoms with Gasteiger partial charge in [0.1, 0.15) is 16.3 Å². The van der Waals surface area contributed by atoms with Gasteiger partial charge in [0.2, 0.25) is 0 Å². The molecule has 0 saturated heterocycles. The van der Waals surface area contributed by atoms with Crippen LogP contribution in [0.5, 0.6) is 0 Å². The summed E-state index contributed by atoms with van der Waals surface area (Å²) in [5.41, 5.74) is 8.29. The van der Waals surface area contributed by atoms with Gasteiger partial charge in [-0.3, -0.25) is 0 Å².